The maximum Gasteiger partial charge on any atom is 0.211 e. The Kier molecular flexibility index (Phi) is 5.21. The minimum Gasteiger partial charge on any atom is -0.474 e. The second kappa shape index (κ2) is 7.92. The molecule has 0 saturated heterocycles. The number of ether oxygens (including phenoxy) is 3. The van der Waals surface area contributed by atoms with Crippen LogP contribution in [0.15, 0.2) is 70.6 Å². The van der Waals surface area contributed by atoms with Gasteiger partial charge in [0.25, 0.3) is 0 Å². The topological polar surface area (TPSA) is 52.4 Å². The zero-order valence-electron chi connectivity index (χ0n) is 15.6. The van der Waals surface area contributed by atoms with Gasteiger partial charge in [-0.25, -0.2) is 9.98 Å². The minimum absolute atomic E-state index is 0.00792. The van der Waals surface area contributed by atoms with Crippen molar-refractivity contribution in [1.29, 1.82) is 0 Å². The Bertz CT molecular complexity index is 750. The average Bonchev–Trinajstić information content (AvgIpc) is 3.25. The van der Waals surface area contributed by atoms with E-state index in [2.05, 4.69) is 34.3 Å². The van der Waals surface area contributed by atoms with Crippen LogP contribution in [0, 0.1) is 0 Å². The molecule has 2 aliphatic rings. The molecule has 0 spiro atoms. The number of benzene rings is 2. The smallest absolute Gasteiger partial charge is 0.211 e. The molecule has 2 aromatic carbocycles. The normalized spacial score (nSPS) is 26.9. The number of hydrogen-bond donors (Lipinski definition) is 0. The van der Waals surface area contributed by atoms with Crippen molar-refractivity contribution in [2.45, 2.75) is 38.1 Å². The molecule has 140 valence electrons. The van der Waals surface area contributed by atoms with Crippen molar-refractivity contribution in [2.24, 2.45) is 9.98 Å². The maximum atomic E-state index is 5.85. The third-order valence-corrected chi connectivity index (χ3v) is 4.83. The summed E-state index contributed by atoms with van der Waals surface area (Å²) in [5, 5.41) is 0. The second-order valence-corrected chi connectivity index (χ2v) is 6.90. The van der Waals surface area contributed by atoms with Gasteiger partial charge in [0.15, 0.2) is 0 Å². The molecular weight excluding hydrogens is 340 g/mol. The van der Waals surface area contributed by atoms with Gasteiger partial charge in [-0.1, -0.05) is 60.7 Å². The molecule has 2 aliphatic heterocycles. The number of hydrogen-bond acceptors (Lipinski definition) is 5. The van der Waals surface area contributed by atoms with E-state index in [-0.39, 0.29) is 24.3 Å². The van der Waals surface area contributed by atoms with Crippen LogP contribution in [0.3, 0.4) is 0 Å². The number of rotatable bonds is 6. The van der Waals surface area contributed by atoms with Gasteiger partial charge in [0.2, 0.25) is 11.8 Å². The van der Waals surface area contributed by atoms with Gasteiger partial charge in [-0.3, -0.25) is 0 Å². The second-order valence-electron chi connectivity index (χ2n) is 6.90. The van der Waals surface area contributed by atoms with Gasteiger partial charge in [0.05, 0.1) is 0 Å². The van der Waals surface area contributed by atoms with Crippen LogP contribution < -0.4 is 0 Å². The van der Waals surface area contributed by atoms with E-state index >= 15 is 0 Å². The summed E-state index contributed by atoms with van der Waals surface area (Å²) >= 11 is 0. The molecular formula is C22H24N2O3. The van der Waals surface area contributed by atoms with Crippen LogP contribution in [0.25, 0.3) is 0 Å². The van der Waals surface area contributed by atoms with E-state index in [1.807, 2.05) is 50.2 Å². The monoisotopic (exact) mass is 364 g/mol. The predicted octanol–water partition coefficient (Wildman–Crippen LogP) is 4.12. The summed E-state index contributed by atoms with van der Waals surface area (Å²) in [5.41, 5.74) is 2.31. The van der Waals surface area contributed by atoms with Crippen LogP contribution in [0.5, 0.6) is 0 Å². The lowest BCUT2D eigenvalue weighted by Gasteiger charge is -2.13. The van der Waals surface area contributed by atoms with Gasteiger partial charge < -0.3 is 14.2 Å². The van der Waals surface area contributed by atoms with Crippen molar-refractivity contribution < 1.29 is 14.2 Å². The molecule has 27 heavy (non-hydrogen) atoms. The largest absolute Gasteiger partial charge is 0.474 e. The molecule has 5 nitrogen and oxygen atoms in total. The first-order chi connectivity index (χ1) is 13.2. The fourth-order valence-corrected chi connectivity index (χ4v) is 3.50. The summed E-state index contributed by atoms with van der Waals surface area (Å²) in [6, 6.07) is 20.4. The molecule has 4 atom stereocenters. The van der Waals surface area contributed by atoms with Gasteiger partial charge in [-0.2, -0.15) is 0 Å². The summed E-state index contributed by atoms with van der Waals surface area (Å²) < 4.78 is 17.5. The Balaban J connectivity index is 1.33. The van der Waals surface area contributed by atoms with Crippen molar-refractivity contribution in [2.75, 3.05) is 13.2 Å². The molecule has 5 heteroatoms. The molecule has 0 saturated carbocycles. The molecule has 0 aliphatic carbocycles. The first-order valence-corrected chi connectivity index (χ1v) is 9.35. The third-order valence-electron chi connectivity index (χ3n) is 4.83. The molecule has 0 bridgehead atoms. The van der Waals surface area contributed by atoms with Crippen molar-refractivity contribution in [3.05, 3.63) is 71.8 Å². The maximum absolute atomic E-state index is 5.85. The van der Waals surface area contributed by atoms with Gasteiger partial charge in [-0.15, -0.1) is 0 Å². The average molecular weight is 364 g/mol. The first kappa shape index (κ1) is 17.7. The van der Waals surface area contributed by atoms with Crippen molar-refractivity contribution >= 4 is 11.8 Å². The molecule has 2 aromatic rings. The Morgan fingerprint density at radius 2 is 1.11 bits per heavy atom. The molecule has 0 radical (unpaired) electrons. The Morgan fingerprint density at radius 3 is 1.52 bits per heavy atom. The van der Waals surface area contributed by atoms with Gasteiger partial charge >= 0.3 is 0 Å². The van der Waals surface area contributed by atoms with Crippen LogP contribution in [0.4, 0.5) is 0 Å². The fraction of sp³-hybridized carbons (Fsp3) is 0.364. The Morgan fingerprint density at radius 1 is 0.704 bits per heavy atom. The molecule has 0 fully saturated rings. The van der Waals surface area contributed by atoms with Crippen LogP contribution in [-0.2, 0) is 14.2 Å². The number of aliphatic imine (C=N–C) groups is 2. The molecule has 0 amide bonds. The van der Waals surface area contributed by atoms with Gasteiger partial charge in [-0.05, 0) is 25.0 Å². The van der Waals surface area contributed by atoms with E-state index in [1.54, 1.807) is 0 Å². The van der Waals surface area contributed by atoms with Crippen LogP contribution >= 0.6 is 0 Å². The SMILES string of the molecule is CC1OC(COCC2=NC(c3ccccc3)C(C)O2)=NC1c1ccccc1. The summed E-state index contributed by atoms with van der Waals surface area (Å²) in [4.78, 5) is 9.34. The van der Waals surface area contributed by atoms with Crippen molar-refractivity contribution in [3.63, 3.8) is 0 Å². The zero-order chi connectivity index (χ0) is 18.6. The minimum atomic E-state index is 0.00792. The Hall–Kier alpha value is -2.66. The van der Waals surface area contributed by atoms with Gasteiger partial charge in [0.1, 0.15) is 37.5 Å². The molecule has 4 rings (SSSR count). The number of nitrogens with zero attached hydrogens (tertiary/aromatic N) is 2. The van der Waals surface area contributed by atoms with Crippen molar-refractivity contribution in [1.82, 2.24) is 0 Å². The molecule has 0 N–H and O–H groups in total. The quantitative estimate of drug-likeness (QED) is 0.775. The third kappa shape index (κ3) is 4.03. The van der Waals surface area contributed by atoms with E-state index in [9.17, 15) is 0 Å². The highest BCUT2D eigenvalue weighted by atomic mass is 16.6. The lowest BCUT2D eigenvalue weighted by molar-refractivity contribution is 0.142. The standard InChI is InChI=1S/C22H24N2O3/c1-15-21(17-9-5-3-6-10-17)23-19(26-15)13-25-14-20-24-22(16(2)27-20)18-11-7-4-8-12-18/h3-12,15-16,21-22H,13-14H2,1-2H3. The summed E-state index contributed by atoms with van der Waals surface area (Å²) in [7, 11) is 0. The van der Waals surface area contributed by atoms with Crippen LogP contribution in [0.2, 0.25) is 0 Å². The van der Waals surface area contributed by atoms with Crippen LogP contribution in [-0.4, -0.2) is 37.2 Å². The lowest BCUT2D eigenvalue weighted by Crippen LogP contribution is -2.19. The molecule has 2 heterocycles. The zero-order valence-corrected chi connectivity index (χ0v) is 15.6. The first-order valence-electron chi connectivity index (χ1n) is 9.35. The summed E-state index contributed by atoms with van der Waals surface area (Å²) in [6.07, 6.45) is 0.0158. The van der Waals surface area contributed by atoms with E-state index in [0.717, 1.165) is 11.1 Å². The lowest BCUT2D eigenvalue weighted by atomic mass is 10.0. The van der Waals surface area contributed by atoms with E-state index in [4.69, 9.17) is 14.2 Å². The van der Waals surface area contributed by atoms with E-state index < -0.39 is 0 Å². The summed E-state index contributed by atoms with van der Waals surface area (Å²) in [5.74, 6) is 1.25. The van der Waals surface area contributed by atoms with E-state index in [0.29, 0.717) is 25.0 Å². The predicted molar refractivity (Wildman–Crippen MR) is 105 cm³/mol. The van der Waals surface area contributed by atoms with Crippen LogP contribution in [0.1, 0.15) is 37.1 Å². The van der Waals surface area contributed by atoms with Gasteiger partial charge in [0, 0.05) is 0 Å². The highest BCUT2D eigenvalue weighted by Crippen LogP contribution is 2.30. The van der Waals surface area contributed by atoms with Crippen molar-refractivity contribution in [3.8, 4) is 0 Å². The highest BCUT2D eigenvalue weighted by molar-refractivity contribution is 5.81. The van der Waals surface area contributed by atoms with E-state index in [1.165, 1.54) is 0 Å². The molecule has 4 unspecified atom stereocenters. The Labute approximate surface area is 159 Å². The summed E-state index contributed by atoms with van der Waals surface area (Å²) in [6.45, 7) is 4.70. The highest BCUT2D eigenvalue weighted by Gasteiger charge is 2.30. The fourth-order valence-electron chi connectivity index (χ4n) is 3.50. The molecule has 0 aromatic heterocycles.